The molecule has 0 spiro atoms. The number of ether oxygens (including phenoxy) is 2. The molecule has 116 valence electrons. The van der Waals surface area contributed by atoms with Crippen LogP contribution in [-0.2, 0) is 16.0 Å². The van der Waals surface area contributed by atoms with Crippen molar-refractivity contribution in [3.8, 4) is 0 Å². The lowest BCUT2D eigenvalue weighted by Gasteiger charge is -2.26. The first-order chi connectivity index (χ1) is 10.4. The van der Waals surface area contributed by atoms with Crippen molar-refractivity contribution >= 4 is 0 Å². The monoisotopic (exact) mass is 290 g/mol. The van der Waals surface area contributed by atoms with Crippen LogP contribution in [0.2, 0.25) is 0 Å². The molecule has 1 atom stereocenters. The second-order valence-electron chi connectivity index (χ2n) is 5.96. The summed E-state index contributed by atoms with van der Waals surface area (Å²) in [4.78, 5) is 4.93. The fraction of sp³-hybridized carbons (Fsp3) is 0.647. The Morgan fingerprint density at radius 1 is 1.05 bits per heavy atom. The molecule has 3 rings (SSSR count). The second kappa shape index (κ2) is 7.90. The normalized spacial score (nSPS) is 24.5. The zero-order valence-corrected chi connectivity index (χ0v) is 12.7. The molecule has 2 heterocycles. The van der Waals surface area contributed by atoms with Crippen LogP contribution in [0.3, 0.4) is 0 Å². The molecule has 0 N–H and O–H groups in total. The van der Waals surface area contributed by atoms with Crippen LogP contribution in [0.5, 0.6) is 0 Å². The maximum absolute atomic E-state index is 6.05. The molecule has 2 saturated heterocycles. The average molecular weight is 290 g/mol. The topological polar surface area (TPSA) is 24.9 Å². The number of rotatable bonds is 6. The Kier molecular flexibility index (Phi) is 5.63. The summed E-state index contributed by atoms with van der Waals surface area (Å²) in [5.41, 5.74) is 1.39. The van der Waals surface area contributed by atoms with Crippen LogP contribution in [0, 0.1) is 0 Å². The van der Waals surface area contributed by atoms with Gasteiger partial charge in [-0.05, 0) is 12.0 Å². The zero-order chi connectivity index (χ0) is 14.3. The van der Waals surface area contributed by atoms with E-state index in [0.29, 0.717) is 6.10 Å². The number of nitrogens with zero attached hydrogens (tertiary/aromatic N) is 2. The summed E-state index contributed by atoms with van der Waals surface area (Å²) in [5, 5.41) is 0. The van der Waals surface area contributed by atoms with E-state index in [-0.39, 0.29) is 0 Å². The fourth-order valence-corrected chi connectivity index (χ4v) is 3.09. The first-order valence-electron chi connectivity index (χ1n) is 8.08. The number of hydrogen-bond acceptors (Lipinski definition) is 4. The maximum Gasteiger partial charge on any atom is 0.0714 e. The minimum Gasteiger partial charge on any atom is -0.379 e. The second-order valence-corrected chi connectivity index (χ2v) is 5.96. The summed E-state index contributed by atoms with van der Waals surface area (Å²) in [6.45, 7) is 8.99. The van der Waals surface area contributed by atoms with Gasteiger partial charge < -0.3 is 9.47 Å². The molecule has 1 aromatic rings. The van der Waals surface area contributed by atoms with E-state index in [0.717, 1.165) is 65.5 Å². The van der Waals surface area contributed by atoms with Crippen LogP contribution in [-0.4, -0.2) is 68.4 Å². The fourth-order valence-electron chi connectivity index (χ4n) is 3.09. The molecule has 0 bridgehead atoms. The van der Waals surface area contributed by atoms with Gasteiger partial charge in [-0.3, -0.25) is 9.80 Å². The van der Waals surface area contributed by atoms with Gasteiger partial charge in [0.1, 0.15) is 0 Å². The highest BCUT2D eigenvalue weighted by atomic mass is 16.5. The van der Waals surface area contributed by atoms with E-state index >= 15 is 0 Å². The van der Waals surface area contributed by atoms with E-state index in [1.807, 2.05) is 0 Å². The number of morpholine rings is 1. The smallest absolute Gasteiger partial charge is 0.0714 e. The third-order valence-corrected chi connectivity index (χ3v) is 4.34. The molecule has 21 heavy (non-hydrogen) atoms. The van der Waals surface area contributed by atoms with E-state index in [9.17, 15) is 0 Å². The van der Waals surface area contributed by atoms with Gasteiger partial charge in [-0.2, -0.15) is 0 Å². The lowest BCUT2D eigenvalue weighted by Crippen LogP contribution is -2.38. The van der Waals surface area contributed by atoms with Crippen LogP contribution >= 0.6 is 0 Å². The molecule has 2 fully saturated rings. The van der Waals surface area contributed by atoms with Crippen molar-refractivity contribution in [2.45, 2.75) is 19.1 Å². The molecule has 1 unspecified atom stereocenters. The molecule has 0 amide bonds. The molecule has 4 heteroatoms. The summed E-state index contributed by atoms with van der Waals surface area (Å²) in [5.74, 6) is 0. The predicted molar refractivity (Wildman–Crippen MR) is 83.3 cm³/mol. The number of benzene rings is 1. The van der Waals surface area contributed by atoms with Crippen molar-refractivity contribution in [2.24, 2.45) is 0 Å². The van der Waals surface area contributed by atoms with Gasteiger partial charge in [0.15, 0.2) is 0 Å². The third-order valence-electron chi connectivity index (χ3n) is 4.34. The van der Waals surface area contributed by atoms with Crippen molar-refractivity contribution in [2.75, 3.05) is 52.5 Å². The largest absolute Gasteiger partial charge is 0.379 e. The Bertz CT molecular complexity index is 407. The van der Waals surface area contributed by atoms with Crippen LogP contribution < -0.4 is 0 Å². The van der Waals surface area contributed by atoms with Gasteiger partial charge in [-0.15, -0.1) is 0 Å². The molecule has 0 saturated carbocycles. The molecule has 0 aromatic heterocycles. The van der Waals surface area contributed by atoms with Crippen LogP contribution in [0.1, 0.15) is 12.0 Å². The SMILES string of the molecule is c1ccc(CN2CCC(OCCN3CCOCC3)C2)cc1. The van der Waals surface area contributed by atoms with E-state index in [1.54, 1.807) is 0 Å². The average Bonchev–Trinajstić information content (AvgIpc) is 2.97. The molecule has 1 aromatic carbocycles. The van der Waals surface area contributed by atoms with Crippen LogP contribution in [0.4, 0.5) is 0 Å². The maximum atomic E-state index is 6.05. The Morgan fingerprint density at radius 3 is 2.67 bits per heavy atom. The Morgan fingerprint density at radius 2 is 1.86 bits per heavy atom. The van der Waals surface area contributed by atoms with E-state index in [2.05, 4.69) is 40.1 Å². The van der Waals surface area contributed by atoms with Gasteiger partial charge in [-0.25, -0.2) is 0 Å². The Labute approximate surface area is 127 Å². The highest BCUT2D eigenvalue weighted by Gasteiger charge is 2.23. The van der Waals surface area contributed by atoms with E-state index in [4.69, 9.17) is 9.47 Å². The van der Waals surface area contributed by atoms with Crippen molar-refractivity contribution in [1.29, 1.82) is 0 Å². The molecular formula is C17H26N2O2. The third kappa shape index (κ3) is 4.78. The summed E-state index contributed by atoms with van der Waals surface area (Å²) in [6, 6.07) is 10.7. The van der Waals surface area contributed by atoms with Crippen LogP contribution in [0.25, 0.3) is 0 Å². The van der Waals surface area contributed by atoms with Gasteiger partial charge in [-0.1, -0.05) is 30.3 Å². The molecule has 2 aliphatic heterocycles. The molecule has 2 aliphatic rings. The lowest BCUT2D eigenvalue weighted by molar-refractivity contribution is 0.00404. The summed E-state index contributed by atoms with van der Waals surface area (Å²) in [6.07, 6.45) is 1.57. The van der Waals surface area contributed by atoms with Crippen molar-refractivity contribution in [3.63, 3.8) is 0 Å². The van der Waals surface area contributed by atoms with Gasteiger partial charge >= 0.3 is 0 Å². The summed E-state index contributed by atoms with van der Waals surface area (Å²) < 4.78 is 11.4. The molecular weight excluding hydrogens is 264 g/mol. The standard InChI is InChI=1S/C17H26N2O2/c1-2-4-16(5-3-1)14-19-7-6-17(15-19)21-13-10-18-8-11-20-12-9-18/h1-5,17H,6-15H2. The van der Waals surface area contributed by atoms with Gasteiger partial charge in [0.05, 0.1) is 25.9 Å². The number of likely N-dealkylation sites (tertiary alicyclic amines) is 1. The molecule has 4 nitrogen and oxygen atoms in total. The molecule has 0 aliphatic carbocycles. The number of hydrogen-bond donors (Lipinski definition) is 0. The van der Waals surface area contributed by atoms with Gasteiger partial charge in [0, 0.05) is 39.3 Å². The minimum atomic E-state index is 0.412. The highest BCUT2D eigenvalue weighted by molar-refractivity contribution is 5.14. The summed E-state index contributed by atoms with van der Waals surface area (Å²) >= 11 is 0. The van der Waals surface area contributed by atoms with Crippen LogP contribution in [0.15, 0.2) is 30.3 Å². The lowest BCUT2D eigenvalue weighted by atomic mass is 10.2. The Hall–Kier alpha value is -0.940. The van der Waals surface area contributed by atoms with Gasteiger partial charge in [0.25, 0.3) is 0 Å². The van der Waals surface area contributed by atoms with Gasteiger partial charge in [0.2, 0.25) is 0 Å². The zero-order valence-electron chi connectivity index (χ0n) is 12.7. The first kappa shape index (κ1) is 15.0. The molecule has 0 radical (unpaired) electrons. The highest BCUT2D eigenvalue weighted by Crippen LogP contribution is 2.15. The van der Waals surface area contributed by atoms with E-state index < -0.39 is 0 Å². The van der Waals surface area contributed by atoms with Crippen molar-refractivity contribution in [3.05, 3.63) is 35.9 Å². The quantitative estimate of drug-likeness (QED) is 0.795. The first-order valence-corrected chi connectivity index (χ1v) is 8.08. The Balaban J connectivity index is 1.33. The minimum absolute atomic E-state index is 0.412. The van der Waals surface area contributed by atoms with Crippen molar-refractivity contribution in [1.82, 2.24) is 9.80 Å². The summed E-state index contributed by atoms with van der Waals surface area (Å²) in [7, 11) is 0. The van der Waals surface area contributed by atoms with E-state index in [1.165, 1.54) is 5.56 Å². The predicted octanol–water partition coefficient (Wildman–Crippen LogP) is 1.61. The van der Waals surface area contributed by atoms with Crippen molar-refractivity contribution < 1.29 is 9.47 Å².